The number of unbranched alkanes of at least 4 members (excludes halogenated alkanes) is 24. The molecule has 0 aromatic carbocycles. The van der Waals surface area contributed by atoms with Gasteiger partial charge in [0.1, 0.15) is 19.8 Å². The number of phosphoric acid groups is 1. The summed E-state index contributed by atoms with van der Waals surface area (Å²) in [7, 11) is 1.11. The van der Waals surface area contributed by atoms with E-state index in [1.165, 1.54) is 141 Å². The molecular formula is C76H128NO8P. The van der Waals surface area contributed by atoms with Gasteiger partial charge in [0.15, 0.2) is 6.10 Å². The first-order valence-electron chi connectivity index (χ1n) is 34.5. The number of likely N-dealkylation sites (N-methyl/N-ethyl adjacent to an activating group) is 1. The molecule has 0 aliphatic rings. The van der Waals surface area contributed by atoms with Crippen molar-refractivity contribution in [2.75, 3.05) is 47.5 Å². The normalized spacial score (nSPS) is 14.1. The van der Waals surface area contributed by atoms with Crippen LogP contribution in [0.2, 0.25) is 0 Å². The zero-order valence-corrected chi connectivity index (χ0v) is 56.6. The van der Waals surface area contributed by atoms with Crippen LogP contribution in [-0.2, 0) is 32.7 Å². The number of carbonyl (C=O) groups excluding carboxylic acids is 2. The van der Waals surface area contributed by atoms with Gasteiger partial charge >= 0.3 is 11.9 Å². The topological polar surface area (TPSA) is 111 Å². The smallest absolute Gasteiger partial charge is 0.306 e. The van der Waals surface area contributed by atoms with E-state index in [-0.39, 0.29) is 26.1 Å². The van der Waals surface area contributed by atoms with Crippen LogP contribution in [0.1, 0.15) is 271 Å². The van der Waals surface area contributed by atoms with Gasteiger partial charge in [-0.2, -0.15) is 0 Å². The Balaban J connectivity index is 4.17. The summed E-state index contributed by atoms with van der Waals surface area (Å²) in [6.45, 7) is 4.05. The molecule has 0 spiro atoms. The van der Waals surface area contributed by atoms with Crippen molar-refractivity contribution in [1.82, 2.24) is 0 Å². The molecule has 2 unspecified atom stereocenters. The summed E-state index contributed by atoms with van der Waals surface area (Å²) < 4.78 is 34.2. The Bertz CT molecular complexity index is 1960. The van der Waals surface area contributed by atoms with Crippen molar-refractivity contribution in [2.24, 2.45) is 0 Å². The standard InChI is InChI=1S/C76H128NO8P/c1-6-8-10-12-14-16-18-20-22-24-26-28-30-32-34-36-37-38-39-41-42-44-46-48-50-52-54-56-58-60-62-64-66-68-75(78)82-72-74(73-84-86(80,81)83-71-70-77(3,4)5)85-76(79)69-67-65-63-61-59-57-55-53-51-49-47-45-43-40-35-33-31-29-27-25-23-21-19-17-15-13-11-9-7-2/h9,11,15,17-18,20-21,23-24,26-27,29-30,32-33,35,43,45,49,51,55,57,61,63,74H,6-8,10,12-14,16,19,22,25,28,31,34,36-42,44,46-48,50,52-54,56,58-60,62,64-73H2,1-5H3/b11-9-,17-15-,20-18-,23-21-,26-24-,29-27-,32-30-,35-33-,45-43-,51-49-,57-55-,63-61-. The molecule has 0 amide bonds. The molecule has 0 radical (unpaired) electrons. The highest BCUT2D eigenvalue weighted by molar-refractivity contribution is 7.45. The van der Waals surface area contributed by atoms with E-state index in [9.17, 15) is 19.0 Å². The highest BCUT2D eigenvalue weighted by atomic mass is 31.2. The van der Waals surface area contributed by atoms with Gasteiger partial charge < -0.3 is 27.9 Å². The first kappa shape index (κ1) is 81.9. The van der Waals surface area contributed by atoms with Gasteiger partial charge in [-0.25, -0.2) is 0 Å². The van der Waals surface area contributed by atoms with Crippen LogP contribution >= 0.6 is 7.82 Å². The average molecular weight is 1210 g/mol. The van der Waals surface area contributed by atoms with Crippen LogP contribution in [0.25, 0.3) is 0 Å². The number of nitrogens with zero attached hydrogens (tertiary/aromatic N) is 1. The van der Waals surface area contributed by atoms with E-state index in [1.807, 2.05) is 27.2 Å². The summed E-state index contributed by atoms with van der Waals surface area (Å²) in [5.74, 6) is -0.907. The zero-order valence-electron chi connectivity index (χ0n) is 55.7. The van der Waals surface area contributed by atoms with Crippen LogP contribution in [-0.4, -0.2) is 70.0 Å². The lowest BCUT2D eigenvalue weighted by molar-refractivity contribution is -0.870. The number of hydrogen-bond acceptors (Lipinski definition) is 8. The fourth-order valence-electron chi connectivity index (χ4n) is 9.08. The highest BCUT2D eigenvalue weighted by Gasteiger charge is 2.22. The Morgan fingerprint density at radius 1 is 0.372 bits per heavy atom. The van der Waals surface area contributed by atoms with Gasteiger partial charge in [-0.3, -0.25) is 14.2 Å². The van der Waals surface area contributed by atoms with Crippen molar-refractivity contribution >= 4 is 19.8 Å². The first-order valence-corrected chi connectivity index (χ1v) is 36.0. The average Bonchev–Trinajstić information content (AvgIpc) is 3.67. The van der Waals surface area contributed by atoms with Crippen molar-refractivity contribution < 1.29 is 42.1 Å². The number of allylic oxidation sites excluding steroid dienone is 24. The van der Waals surface area contributed by atoms with E-state index >= 15 is 0 Å². The van der Waals surface area contributed by atoms with Gasteiger partial charge in [-0.05, 0) is 116 Å². The molecular weight excluding hydrogens is 1090 g/mol. The predicted molar refractivity (Wildman–Crippen MR) is 369 cm³/mol. The predicted octanol–water partition coefficient (Wildman–Crippen LogP) is 22.0. The number of hydrogen-bond donors (Lipinski definition) is 0. The summed E-state index contributed by atoms with van der Waals surface area (Å²) >= 11 is 0. The van der Waals surface area contributed by atoms with Gasteiger partial charge in [0.2, 0.25) is 0 Å². The van der Waals surface area contributed by atoms with E-state index in [1.54, 1.807) is 0 Å². The largest absolute Gasteiger partial charge is 0.756 e. The van der Waals surface area contributed by atoms with Crippen molar-refractivity contribution in [3.8, 4) is 0 Å². The molecule has 0 aliphatic carbocycles. The Labute approximate surface area is 529 Å². The molecule has 0 rings (SSSR count). The Morgan fingerprint density at radius 2 is 0.674 bits per heavy atom. The van der Waals surface area contributed by atoms with Gasteiger partial charge in [-0.15, -0.1) is 0 Å². The van der Waals surface area contributed by atoms with E-state index in [0.717, 1.165) is 89.9 Å². The van der Waals surface area contributed by atoms with Gasteiger partial charge in [0, 0.05) is 12.8 Å². The van der Waals surface area contributed by atoms with E-state index in [0.29, 0.717) is 23.9 Å². The van der Waals surface area contributed by atoms with Crippen molar-refractivity contribution in [3.63, 3.8) is 0 Å². The molecule has 9 nitrogen and oxygen atoms in total. The van der Waals surface area contributed by atoms with Gasteiger partial charge in [0.25, 0.3) is 7.82 Å². The molecule has 0 N–H and O–H groups in total. The second-order valence-electron chi connectivity index (χ2n) is 23.8. The molecule has 0 fully saturated rings. The van der Waals surface area contributed by atoms with Crippen LogP contribution in [0.3, 0.4) is 0 Å². The lowest BCUT2D eigenvalue weighted by atomic mass is 10.0. The highest BCUT2D eigenvalue weighted by Crippen LogP contribution is 2.38. The van der Waals surface area contributed by atoms with Crippen LogP contribution in [0, 0.1) is 0 Å². The molecule has 2 atom stereocenters. The van der Waals surface area contributed by atoms with Gasteiger partial charge in [-0.1, -0.05) is 288 Å². The lowest BCUT2D eigenvalue weighted by Crippen LogP contribution is -2.37. The molecule has 0 heterocycles. The molecule has 0 aliphatic heterocycles. The minimum atomic E-state index is -4.67. The Kier molecular flexibility index (Phi) is 62.2. The summed E-state index contributed by atoms with van der Waals surface area (Å²) in [5, 5.41) is 0. The fraction of sp³-hybridized carbons (Fsp3) is 0.658. The molecule has 10 heteroatoms. The van der Waals surface area contributed by atoms with Gasteiger partial charge in [0.05, 0.1) is 27.7 Å². The maximum absolute atomic E-state index is 12.8. The van der Waals surface area contributed by atoms with Crippen LogP contribution in [0.15, 0.2) is 146 Å². The Morgan fingerprint density at radius 3 is 1.02 bits per heavy atom. The van der Waals surface area contributed by atoms with E-state index in [4.69, 9.17) is 18.5 Å². The molecule has 0 aromatic heterocycles. The van der Waals surface area contributed by atoms with E-state index in [2.05, 4.69) is 154 Å². The number of phosphoric ester groups is 1. The molecule has 490 valence electrons. The molecule has 0 saturated carbocycles. The Hall–Kier alpha value is -4.11. The molecule has 86 heavy (non-hydrogen) atoms. The second kappa shape index (κ2) is 65.3. The second-order valence-corrected chi connectivity index (χ2v) is 25.2. The van der Waals surface area contributed by atoms with Crippen LogP contribution < -0.4 is 4.89 Å². The summed E-state index contributed by atoms with van der Waals surface area (Å²) in [5.41, 5.74) is 0. The number of ether oxygens (including phenoxy) is 2. The first-order chi connectivity index (χ1) is 42.0. The van der Waals surface area contributed by atoms with Crippen molar-refractivity contribution in [1.29, 1.82) is 0 Å². The quantitative estimate of drug-likeness (QED) is 0.0195. The zero-order chi connectivity index (χ0) is 62.6. The van der Waals surface area contributed by atoms with Crippen molar-refractivity contribution in [2.45, 2.75) is 277 Å². The molecule has 0 bridgehead atoms. The SMILES string of the molecule is CC/C=C\C/C=C\C/C=C\C/C=C\C/C=C\C/C=C\C/C=C\C/C=C\C/C=C\CCCC(=O)OC(COC(=O)CCCCCCCCCCCCCCCCCCCC/C=C\C/C=C\C/C=C\CCCCCCC)COP(=O)([O-])OCC[N+](C)(C)C. The lowest BCUT2D eigenvalue weighted by Gasteiger charge is -2.28. The summed E-state index contributed by atoms with van der Waals surface area (Å²) in [6, 6.07) is 0. The molecule has 0 saturated heterocycles. The fourth-order valence-corrected chi connectivity index (χ4v) is 9.81. The summed E-state index contributed by atoms with van der Waals surface area (Å²) in [4.78, 5) is 38.0. The van der Waals surface area contributed by atoms with Crippen LogP contribution in [0.4, 0.5) is 0 Å². The number of quaternary nitrogens is 1. The maximum atomic E-state index is 12.8. The third-order valence-electron chi connectivity index (χ3n) is 14.3. The van der Waals surface area contributed by atoms with E-state index < -0.39 is 32.5 Å². The third-order valence-corrected chi connectivity index (χ3v) is 15.3. The molecule has 0 aromatic rings. The maximum Gasteiger partial charge on any atom is 0.306 e. The van der Waals surface area contributed by atoms with Crippen molar-refractivity contribution in [3.05, 3.63) is 146 Å². The monoisotopic (exact) mass is 1210 g/mol. The van der Waals surface area contributed by atoms with Crippen LogP contribution in [0.5, 0.6) is 0 Å². The summed E-state index contributed by atoms with van der Waals surface area (Å²) in [6.07, 6.45) is 96.5. The number of rotatable bonds is 62. The minimum Gasteiger partial charge on any atom is -0.756 e. The minimum absolute atomic E-state index is 0.0488. The third kappa shape index (κ3) is 69.0. The number of esters is 2. The number of carbonyl (C=O) groups is 2.